The van der Waals surface area contributed by atoms with E-state index < -0.39 is 15.9 Å². The molecule has 0 bridgehead atoms. The first-order valence-electron chi connectivity index (χ1n) is 9.32. The predicted octanol–water partition coefficient (Wildman–Crippen LogP) is 3.77. The lowest BCUT2D eigenvalue weighted by molar-refractivity contribution is 0.102. The molecule has 3 rings (SSSR count). The lowest BCUT2D eigenvalue weighted by atomic mass is 10.2. The Labute approximate surface area is 181 Å². The number of ether oxygens (including phenoxy) is 2. The van der Waals surface area contributed by atoms with Gasteiger partial charge in [0.15, 0.2) is 0 Å². The number of anilines is 2. The van der Waals surface area contributed by atoms with Gasteiger partial charge >= 0.3 is 0 Å². The minimum absolute atomic E-state index is 0.163. The summed E-state index contributed by atoms with van der Waals surface area (Å²) >= 11 is 0. The van der Waals surface area contributed by atoms with E-state index >= 15 is 0 Å². The topological polar surface area (TPSA) is 107 Å². The lowest BCUT2D eigenvalue weighted by Crippen LogP contribution is -2.16. The zero-order valence-corrected chi connectivity index (χ0v) is 18.4. The lowest BCUT2D eigenvalue weighted by Gasteiger charge is -2.13. The van der Waals surface area contributed by atoms with E-state index in [0.717, 1.165) is 5.56 Å². The number of nitrogens with zero attached hydrogens (tertiary/aromatic N) is 1. The second-order valence-corrected chi connectivity index (χ2v) is 8.51. The summed E-state index contributed by atoms with van der Waals surface area (Å²) in [5.41, 5.74) is 2.38. The molecule has 3 aromatic rings. The van der Waals surface area contributed by atoms with E-state index in [2.05, 4.69) is 15.0 Å². The number of carbonyl (C=O) groups is 1. The molecule has 2 aromatic carbocycles. The van der Waals surface area contributed by atoms with Gasteiger partial charge in [-0.3, -0.25) is 14.5 Å². The van der Waals surface area contributed by atoms with Gasteiger partial charge in [0.05, 0.1) is 42.3 Å². The van der Waals surface area contributed by atoms with Gasteiger partial charge in [-0.15, -0.1) is 0 Å². The first-order chi connectivity index (χ1) is 14.7. The molecule has 0 aliphatic heterocycles. The standard InChI is InChI=1S/C22H23N3O5S/c1-14-5-8-21(15(2)9-14)31(27,28)25-17-10-16(12-23-13-17)22(26)24-19-7-6-18(29-3)11-20(19)30-4/h5-13,25H,1-4H3,(H,24,26). The number of nitrogens with one attached hydrogen (secondary N) is 2. The van der Waals surface area contributed by atoms with Crippen LogP contribution in [0, 0.1) is 13.8 Å². The third-order valence-electron chi connectivity index (χ3n) is 4.53. The molecule has 0 aliphatic carbocycles. The van der Waals surface area contributed by atoms with E-state index in [9.17, 15) is 13.2 Å². The number of rotatable bonds is 7. The number of aromatic nitrogens is 1. The molecule has 1 aromatic heterocycles. The highest BCUT2D eigenvalue weighted by Crippen LogP contribution is 2.29. The van der Waals surface area contributed by atoms with Crippen LogP contribution in [0.15, 0.2) is 59.8 Å². The molecule has 1 heterocycles. The maximum Gasteiger partial charge on any atom is 0.262 e. The summed E-state index contributed by atoms with van der Waals surface area (Å²) in [6.07, 6.45) is 2.69. The molecule has 0 saturated heterocycles. The Balaban J connectivity index is 1.82. The van der Waals surface area contributed by atoms with Crippen LogP contribution in [0.4, 0.5) is 11.4 Å². The number of amides is 1. The summed E-state index contributed by atoms with van der Waals surface area (Å²) in [6.45, 7) is 3.62. The van der Waals surface area contributed by atoms with E-state index in [4.69, 9.17) is 9.47 Å². The van der Waals surface area contributed by atoms with Crippen LogP contribution >= 0.6 is 0 Å². The van der Waals surface area contributed by atoms with Gasteiger partial charge in [-0.2, -0.15) is 0 Å². The fraction of sp³-hybridized carbons (Fsp3) is 0.182. The van der Waals surface area contributed by atoms with Crippen molar-refractivity contribution in [3.8, 4) is 11.5 Å². The van der Waals surface area contributed by atoms with E-state index in [1.807, 2.05) is 6.92 Å². The summed E-state index contributed by atoms with van der Waals surface area (Å²) in [6, 6.07) is 11.5. The van der Waals surface area contributed by atoms with E-state index in [1.54, 1.807) is 43.3 Å². The molecule has 0 atom stereocenters. The summed E-state index contributed by atoms with van der Waals surface area (Å²) in [7, 11) is -0.824. The highest BCUT2D eigenvalue weighted by molar-refractivity contribution is 7.92. The maximum absolute atomic E-state index is 12.8. The van der Waals surface area contributed by atoms with Crippen LogP contribution in [0.2, 0.25) is 0 Å². The maximum atomic E-state index is 12.8. The highest BCUT2D eigenvalue weighted by Gasteiger charge is 2.18. The zero-order valence-electron chi connectivity index (χ0n) is 17.6. The minimum Gasteiger partial charge on any atom is -0.497 e. The molecular formula is C22H23N3O5S. The van der Waals surface area contributed by atoms with Crippen molar-refractivity contribution in [2.45, 2.75) is 18.7 Å². The van der Waals surface area contributed by atoms with Gasteiger partial charge in [-0.25, -0.2) is 8.42 Å². The summed E-state index contributed by atoms with van der Waals surface area (Å²) < 4.78 is 38.5. The van der Waals surface area contributed by atoms with Crippen LogP contribution < -0.4 is 19.5 Å². The van der Waals surface area contributed by atoms with Gasteiger partial charge in [0.25, 0.3) is 15.9 Å². The molecule has 0 aliphatic rings. The predicted molar refractivity (Wildman–Crippen MR) is 118 cm³/mol. The SMILES string of the molecule is COc1ccc(NC(=O)c2cncc(NS(=O)(=O)c3ccc(C)cc3C)c2)c(OC)c1. The number of benzene rings is 2. The molecular weight excluding hydrogens is 418 g/mol. The quantitative estimate of drug-likeness (QED) is 0.578. The van der Waals surface area contributed by atoms with Gasteiger partial charge in [-0.1, -0.05) is 17.7 Å². The molecule has 1 amide bonds. The van der Waals surface area contributed by atoms with Gasteiger partial charge in [0.1, 0.15) is 11.5 Å². The fourth-order valence-electron chi connectivity index (χ4n) is 3.03. The van der Waals surface area contributed by atoms with Crippen molar-refractivity contribution >= 4 is 27.3 Å². The first kappa shape index (κ1) is 22.1. The zero-order chi connectivity index (χ0) is 22.6. The minimum atomic E-state index is -3.84. The number of methoxy groups -OCH3 is 2. The van der Waals surface area contributed by atoms with Crippen molar-refractivity contribution in [3.05, 3.63) is 71.5 Å². The third kappa shape index (κ3) is 5.13. The molecule has 8 nitrogen and oxygen atoms in total. The van der Waals surface area contributed by atoms with Gasteiger partial charge in [0, 0.05) is 12.3 Å². The molecule has 9 heteroatoms. The van der Waals surface area contributed by atoms with Crippen molar-refractivity contribution in [2.75, 3.05) is 24.3 Å². The van der Waals surface area contributed by atoms with Crippen molar-refractivity contribution in [2.24, 2.45) is 0 Å². The van der Waals surface area contributed by atoms with Gasteiger partial charge in [-0.05, 0) is 43.7 Å². The summed E-state index contributed by atoms with van der Waals surface area (Å²) in [4.78, 5) is 16.9. The Hall–Kier alpha value is -3.59. The summed E-state index contributed by atoms with van der Waals surface area (Å²) in [5, 5.41) is 2.73. The molecule has 0 unspecified atom stereocenters. The second-order valence-electron chi connectivity index (χ2n) is 6.86. The fourth-order valence-corrected chi connectivity index (χ4v) is 4.29. The van der Waals surface area contributed by atoms with Crippen LogP contribution in [-0.4, -0.2) is 33.5 Å². The third-order valence-corrected chi connectivity index (χ3v) is 6.07. The molecule has 0 radical (unpaired) electrons. The number of aryl methyl sites for hydroxylation is 2. The molecule has 2 N–H and O–H groups in total. The summed E-state index contributed by atoms with van der Waals surface area (Å²) in [5.74, 6) is 0.537. The molecule has 31 heavy (non-hydrogen) atoms. The van der Waals surface area contributed by atoms with E-state index in [0.29, 0.717) is 22.7 Å². The van der Waals surface area contributed by atoms with Crippen LogP contribution in [0.5, 0.6) is 11.5 Å². The molecule has 0 spiro atoms. The monoisotopic (exact) mass is 441 g/mol. The van der Waals surface area contributed by atoms with Crippen molar-refractivity contribution in [3.63, 3.8) is 0 Å². The van der Waals surface area contributed by atoms with E-state index in [1.165, 1.54) is 32.7 Å². The molecule has 0 saturated carbocycles. The molecule has 162 valence electrons. The Bertz CT molecular complexity index is 1230. The number of hydrogen-bond acceptors (Lipinski definition) is 6. The average molecular weight is 442 g/mol. The van der Waals surface area contributed by atoms with Crippen LogP contribution in [-0.2, 0) is 10.0 Å². The number of carbonyl (C=O) groups excluding carboxylic acids is 1. The van der Waals surface area contributed by atoms with E-state index in [-0.39, 0.29) is 16.1 Å². The van der Waals surface area contributed by atoms with Gasteiger partial charge in [0.2, 0.25) is 0 Å². The van der Waals surface area contributed by atoms with Crippen molar-refractivity contribution in [1.29, 1.82) is 0 Å². The second kappa shape index (κ2) is 9.05. The van der Waals surface area contributed by atoms with Crippen LogP contribution in [0.3, 0.4) is 0 Å². The number of pyridine rings is 1. The Morgan fingerprint density at radius 2 is 1.74 bits per heavy atom. The first-order valence-corrected chi connectivity index (χ1v) is 10.8. The van der Waals surface area contributed by atoms with Crippen LogP contribution in [0.25, 0.3) is 0 Å². The smallest absolute Gasteiger partial charge is 0.262 e. The Morgan fingerprint density at radius 1 is 0.968 bits per heavy atom. The molecule has 0 fully saturated rings. The van der Waals surface area contributed by atoms with Gasteiger partial charge < -0.3 is 14.8 Å². The average Bonchev–Trinajstić information content (AvgIpc) is 2.73. The van der Waals surface area contributed by atoms with Crippen molar-refractivity contribution < 1.29 is 22.7 Å². The highest BCUT2D eigenvalue weighted by atomic mass is 32.2. The Kier molecular flexibility index (Phi) is 6.45. The largest absolute Gasteiger partial charge is 0.497 e. The Morgan fingerprint density at radius 3 is 2.42 bits per heavy atom. The normalized spacial score (nSPS) is 11.0. The van der Waals surface area contributed by atoms with Crippen molar-refractivity contribution in [1.82, 2.24) is 4.98 Å². The number of hydrogen-bond donors (Lipinski definition) is 2. The van der Waals surface area contributed by atoms with Crippen LogP contribution in [0.1, 0.15) is 21.5 Å². The number of sulfonamides is 1.